The summed E-state index contributed by atoms with van der Waals surface area (Å²) < 4.78 is 6.09. The molecule has 1 rings (SSSR count). The Morgan fingerprint density at radius 1 is 1.67 bits per heavy atom. The maximum Gasteiger partial charge on any atom is 0.358 e. The molecule has 1 aromatic heterocycles. The third-order valence-electron chi connectivity index (χ3n) is 1.58. The Balaban J connectivity index is 3.10. The van der Waals surface area contributed by atoms with E-state index in [1.54, 1.807) is 6.92 Å². The molecule has 0 aliphatic rings. The fourth-order valence-electron chi connectivity index (χ4n) is 0.971. The quantitative estimate of drug-likeness (QED) is 0.601. The smallest absolute Gasteiger partial charge is 0.358 e. The molecule has 0 unspecified atom stereocenters. The molecule has 0 spiro atoms. The van der Waals surface area contributed by atoms with Gasteiger partial charge < -0.3 is 4.74 Å². The molecule has 0 aliphatic carbocycles. The Hall–Kier alpha value is -1.39. The summed E-state index contributed by atoms with van der Waals surface area (Å²) in [7, 11) is 1.34. The van der Waals surface area contributed by atoms with Crippen molar-refractivity contribution in [1.29, 1.82) is 0 Å². The van der Waals surface area contributed by atoms with Gasteiger partial charge in [-0.25, -0.2) is 9.48 Å². The highest BCUT2D eigenvalue weighted by Gasteiger charge is 2.16. The van der Waals surface area contributed by atoms with Gasteiger partial charge in [-0.2, -0.15) is 0 Å². The standard InChI is InChI=1S/C7H11N3O2/c1-4-10-6(7(11)12-3)5(2)8-9-10/h4H2,1-3H3. The second kappa shape index (κ2) is 3.34. The minimum Gasteiger partial charge on any atom is -0.464 e. The molecule has 0 fully saturated rings. The molecule has 0 aliphatic heterocycles. The summed E-state index contributed by atoms with van der Waals surface area (Å²) in [6, 6.07) is 0. The van der Waals surface area contributed by atoms with Crippen molar-refractivity contribution in [3.63, 3.8) is 0 Å². The molecule has 12 heavy (non-hydrogen) atoms. The van der Waals surface area contributed by atoms with Crippen molar-refractivity contribution in [3.05, 3.63) is 11.4 Å². The van der Waals surface area contributed by atoms with Gasteiger partial charge in [0.15, 0.2) is 5.69 Å². The topological polar surface area (TPSA) is 57.0 Å². The van der Waals surface area contributed by atoms with Crippen LogP contribution in [0.4, 0.5) is 0 Å². The Labute approximate surface area is 70.3 Å². The summed E-state index contributed by atoms with van der Waals surface area (Å²) in [6.07, 6.45) is 0. The van der Waals surface area contributed by atoms with Crippen molar-refractivity contribution >= 4 is 5.97 Å². The van der Waals surface area contributed by atoms with Gasteiger partial charge in [0.05, 0.1) is 12.8 Å². The van der Waals surface area contributed by atoms with E-state index in [0.29, 0.717) is 17.9 Å². The fourth-order valence-corrected chi connectivity index (χ4v) is 0.971. The van der Waals surface area contributed by atoms with Crippen LogP contribution in [0.15, 0.2) is 0 Å². The first-order chi connectivity index (χ1) is 5.70. The number of carbonyl (C=O) groups excluding carboxylic acids is 1. The van der Waals surface area contributed by atoms with Crippen LogP contribution in [0.25, 0.3) is 0 Å². The second-order valence-electron chi connectivity index (χ2n) is 2.33. The molecule has 0 radical (unpaired) electrons. The van der Waals surface area contributed by atoms with Crippen LogP contribution in [0.5, 0.6) is 0 Å². The summed E-state index contributed by atoms with van der Waals surface area (Å²) >= 11 is 0. The maximum absolute atomic E-state index is 11.2. The molecule has 0 N–H and O–H groups in total. The van der Waals surface area contributed by atoms with Crippen LogP contribution in [-0.2, 0) is 11.3 Å². The monoisotopic (exact) mass is 169 g/mol. The maximum atomic E-state index is 11.2. The molecule has 5 nitrogen and oxygen atoms in total. The highest BCUT2D eigenvalue weighted by Crippen LogP contribution is 2.04. The van der Waals surface area contributed by atoms with Crippen LogP contribution < -0.4 is 0 Å². The molecule has 5 heteroatoms. The van der Waals surface area contributed by atoms with E-state index in [1.165, 1.54) is 11.8 Å². The molecule has 1 aromatic rings. The Morgan fingerprint density at radius 3 is 2.83 bits per heavy atom. The van der Waals surface area contributed by atoms with E-state index in [4.69, 9.17) is 0 Å². The van der Waals surface area contributed by atoms with E-state index in [0.717, 1.165) is 0 Å². The minimum absolute atomic E-state index is 0.389. The summed E-state index contributed by atoms with van der Waals surface area (Å²) in [5.41, 5.74) is 1.03. The number of methoxy groups -OCH3 is 1. The molecule has 0 amide bonds. The van der Waals surface area contributed by atoms with Crippen LogP contribution in [0.2, 0.25) is 0 Å². The Morgan fingerprint density at radius 2 is 2.33 bits per heavy atom. The lowest BCUT2D eigenvalue weighted by molar-refractivity contribution is 0.0586. The van der Waals surface area contributed by atoms with Gasteiger partial charge in [-0.05, 0) is 13.8 Å². The molecule has 0 saturated carbocycles. The number of carbonyl (C=O) groups is 1. The molecular weight excluding hydrogens is 158 g/mol. The van der Waals surface area contributed by atoms with Gasteiger partial charge >= 0.3 is 5.97 Å². The first-order valence-electron chi connectivity index (χ1n) is 3.69. The molecule has 0 bridgehead atoms. The Kier molecular flexibility index (Phi) is 2.42. The van der Waals surface area contributed by atoms with Crippen molar-refractivity contribution in [2.24, 2.45) is 0 Å². The lowest BCUT2D eigenvalue weighted by atomic mass is 10.3. The Bertz CT molecular complexity index is 293. The van der Waals surface area contributed by atoms with Crippen molar-refractivity contribution < 1.29 is 9.53 Å². The van der Waals surface area contributed by atoms with Crippen molar-refractivity contribution in [2.45, 2.75) is 20.4 Å². The predicted molar refractivity (Wildman–Crippen MR) is 41.8 cm³/mol. The fraction of sp³-hybridized carbons (Fsp3) is 0.571. The van der Waals surface area contributed by atoms with Gasteiger partial charge in [-0.15, -0.1) is 5.10 Å². The third kappa shape index (κ3) is 1.30. The van der Waals surface area contributed by atoms with E-state index in [-0.39, 0.29) is 5.97 Å². The highest BCUT2D eigenvalue weighted by atomic mass is 16.5. The average Bonchev–Trinajstić information content (AvgIpc) is 2.45. The van der Waals surface area contributed by atoms with Gasteiger partial charge in [0.25, 0.3) is 0 Å². The normalized spacial score (nSPS) is 9.92. The van der Waals surface area contributed by atoms with Crippen molar-refractivity contribution in [3.8, 4) is 0 Å². The molecule has 0 atom stereocenters. The zero-order chi connectivity index (χ0) is 9.14. The largest absolute Gasteiger partial charge is 0.464 e. The van der Waals surface area contributed by atoms with E-state index in [9.17, 15) is 4.79 Å². The van der Waals surface area contributed by atoms with E-state index in [1.807, 2.05) is 6.92 Å². The van der Waals surface area contributed by atoms with Crippen LogP contribution in [0.3, 0.4) is 0 Å². The van der Waals surface area contributed by atoms with Gasteiger partial charge in [0, 0.05) is 6.54 Å². The van der Waals surface area contributed by atoms with Gasteiger partial charge in [0.2, 0.25) is 0 Å². The van der Waals surface area contributed by atoms with Crippen LogP contribution in [0.1, 0.15) is 23.1 Å². The van der Waals surface area contributed by atoms with Crippen LogP contribution in [-0.4, -0.2) is 28.1 Å². The number of hydrogen-bond acceptors (Lipinski definition) is 4. The first kappa shape index (κ1) is 8.70. The second-order valence-corrected chi connectivity index (χ2v) is 2.33. The molecular formula is C7H11N3O2. The van der Waals surface area contributed by atoms with Gasteiger partial charge in [-0.1, -0.05) is 5.21 Å². The van der Waals surface area contributed by atoms with E-state index >= 15 is 0 Å². The lowest BCUT2D eigenvalue weighted by Gasteiger charge is -2.00. The zero-order valence-corrected chi connectivity index (χ0v) is 7.37. The zero-order valence-electron chi connectivity index (χ0n) is 7.37. The number of aryl methyl sites for hydroxylation is 2. The number of aromatic nitrogens is 3. The first-order valence-corrected chi connectivity index (χ1v) is 3.69. The van der Waals surface area contributed by atoms with Crippen molar-refractivity contribution in [1.82, 2.24) is 15.0 Å². The summed E-state index contributed by atoms with van der Waals surface area (Å²) in [5, 5.41) is 7.54. The van der Waals surface area contributed by atoms with E-state index < -0.39 is 0 Å². The number of nitrogens with zero attached hydrogens (tertiary/aromatic N) is 3. The lowest BCUT2D eigenvalue weighted by Crippen LogP contribution is -2.11. The number of esters is 1. The predicted octanol–water partition coefficient (Wildman–Crippen LogP) is 0.393. The summed E-state index contributed by atoms with van der Waals surface area (Å²) in [5.74, 6) is -0.389. The summed E-state index contributed by atoms with van der Waals surface area (Å²) in [6.45, 7) is 4.23. The molecule has 0 saturated heterocycles. The van der Waals surface area contributed by atoms with E-state index in [2.05, 4.69) is 15.0 Å². The van der Waals surface area contributed by atoms with Crippen LogP contribution in [0, 0.1) is 6.92 Å². The summed E-state index contributed by atoms with van der Waals surface area (Å²) in [4.78, 5) is 11.2. The molecule has 1 heterocycles. The number of hydrogen-bond donors (Lipinski definition) is 0. The molecule has 0 aromatic carbocycles. The number of rotatable bonds is 2. The highest BCUT2D eigenvalue weighted by molar-refractivity contribution is 5.88. The number of ether oxygens (including phenoxy) is 1. The SMILES string of the molecule is CCn1nnc(C)c1C(=O)OC. The van der Waals surface area contributed by atoms with Crippen LogP contribution >= 0.6 is 0 Å². The van der Waals surface area contributed by atoms with Crippen molar-refractivity contribution in [2.75, 3.05) is 7.11 Å². The minimum atomic E-state index is -0.389. The van der Waals surface area contributed by atoms with Gasteiger partial charge in [-0.3, -0.25) is 0 Å². The van der Waals surface area contributed by atoms with Gasteiger partial charge in [0.1, 0.15) is 0 Å². The average molecular weight is 169 g/mol. The third-order valence-corrected chi connectivity index (χ3v) is 1.58. The molecule has 66 valence electrons.